The molecule has 0 spiro atoms. The standard InChI is InChI=1S/C21H22N2O3/c1-25-15-5-3-14(4-6-15)12-23-20(24)21(9-10-21)18-13-22-19-8-7-16(26-2)11-17(18)19/h3-8,11,13,22H,9-10,12H2,1-2H3,(H,23,24). The number of amides is 1. The molecule has 1 aliphatic rings. The number of carbonyl (C=O) groups is 1. The molecule has 1 amide bonds. The summed E-state index contributed by atoms with van der Waals surface area (Å²) in [6.45, 7) is 0.510. The number of H-pyrrole nitrogens is 1. The molecule has 26 heavy (non-hydrogen) atoms. The molecule has 1 saturated carbocycles. The van der Waals surface area contributed by atoms with E-state index in [0.717, 1.165) is 46.4 Å². The molecule has 2 N–H and O–H groups in total. The molecule has 0 saturated heterocycles. The molecule has 2 aromatic carbocycles. The molecule has 0 unspecified atom stereocenters. The largest absolute Gasteiger partial charge is 0.497 e. The van der Waals surface area contributed by atoms with Gasteiger partial charge in [0.05, 0.1) is 19.6 Å². The van der Waals surface area contributed by atoms with Gasteiger partial charge in [0.1, 0.15) is 11.5 Å². The fourth-order valence-electron chi connectivity index (χ4n) is 3.46. The van der Waals surface area contributed by atoms with Crippen LogP contribution in [0.5, 0.6) is 11.5 Å². The van der Waals surface area contributed by atoms with Gasteiger partial charge in [0.25, 0.3) is 0 Å². The van der Waals surface area contributed by atoms with Crippen molar-refractivity contribution in [2.45, 2.75) is 24.8 Å². The zero-order valence-electron chi connectivity index (χ0n) is 15.0. The highest BCUT2D eigenvalue weighted by atomic mass is 16.5. The average molecular weight is 350 g/mol. The second-order valence-corrected chi connectivity index (χ2v) is 6.73. The molecule has 1 aliphatic carbocycles. The van der Waals surface area contributed by atoms with E-state index < -0.39 is 5.41 Å². The Hall–Kier alpha value is -2.95. The van der Waals surface area contributed by atoms with E-state index in [1.807, 2.05) is 48.7 Å². The Morgan fingerprint density at radius 3 is 2.42 bits per heavy atom. The number of rotatable bonds is 6. The molecule has 1 heterocycles. The molecule has 134 valence electrons. The maximum atomic E-state index is 12.9. The average Bonchev–Trinajstić information content (AvgIpc) is 3.39. The van der Waals surface area contributed by atoms with Gasteiger partial charge in [0.2, 0.25) is 5.91 Å². The van der Waals surface area contributed by atoms with Crippen molar-refractivity contribution >= 4 is 16.8 Å². The SMILES string of the molecule is COc1ccc(CNC(=O)C2(c3c[nH]c4ccc(OC)cc34)CC2)cc1. The van der Waals surface area contributed by atoms with Crippen LogP contribution in [0.2, 0.25) is 0 Å². The van der Waals surface area contributed by atoms with Gasteiger partial charge in [0, 0.05) is 23.6 Å². The number of benzene rings is 2. The number of nitrogens with one attached hydrogen (secondary N) is 2. The van der Waals surface area contributed by atoms with Crippen LogP contribution >= 0.6 is 0 Å². The third-order valence-corrected chi connectivity index (χ3v) is 5.20. The molecule has 5 nitrogen and oxygen atoms in total. The highest BCUT2D eigenvalue weighted by Gasteiger charge is 2.52. The Balaban J connectivity index is 1.54. The normalized spacial score (nSPS) is 14.8. The second kappa shape index (κ2) is 6.41. The first-order valence-electron chi connectivity index (χ1n) is 8.73. The molecule has 1 fully saturated rings. The van der Waals surface area contributed by atoms with Gasteiger partial charge in [-0.25, -0.2) is 0 Å². The maximum Gasteiger partial charge on any atom is 0.231 e. The van der Waals surface area contributed by atoms with Gasteiger partial charge in [-0.15, -0.1) is 0 Å². The first-order chi connectivity index (χ1) is 12.7. The number of hydrogen-bond acceptors (Lipinski definition) is 3. The molecule has 0 radical (unpaired) electrons. The summed E-state index contributed by atoms with van der Waals surface area (Å²) in [5.74, 6) is 1.69. The van der Waals surface area contributed by atoms with Crippen LogP contribution in [-0.4, -0.2) is 25.1 Å². The monoisotopic (exact) mass is 350 g/mol. The predicted molar refractivity (Wildman–Crippen MR) is 101 cm³/mol. The van der Waals surface area contributed by atoms with Gasteiger partial charge >= 0.3 is 0 Å². The fraction of sp³-hybridized carbons (Fsp3) is 0.286. The van der Waals surface area contributed by atoms with E-state index in [4.69, 9.17) is 9.47 Å². The molecular weight excluding hydrogens is 328 g/mol. The number of aromatic amines is 1. The minimum absolute atomic E-state index is 0.0806. The summed E-state index contributed by atoms with van der Waals surface area (Å²) in [5, 5.41) is 4.15. The number of carbonyl (C=O) groups excluding carboxylic acids is 1. The summed E-state index contributed by atoms with van der Waals surface area (Å²) in [5.41, 5.74) is 2.70. The van der Waals surface area contributed by atoms with Gasteiger partial charge < -0.3 is 19.8 Å². The summed E-state index contributed by atoms with van der Waals surface area (Å²) in [6.07, 6.45) is 3.70. The number of methoxy groups -OCH3 is 2. The topological polar surface area (TPSA) is 63.3 Å². The minimum atomic E-state index is -0.433. The Bertz CT molecular complexity index is 940. The number of hydrogen-bond donors (Lipinski definition) is 2. The maximum absolute atomic E-state index is 12.9. The fourth-order valence-corrected chi connectivity index (χ4v) is 3.46. The summed E-state index contributed by atoms with van der Waals surface area (Å²) in [4.78, 5) is 16.2. The van der Waals surface area contributed by atoms with Crippen molar-refractivity contribution < 1.29 is 14.3 Å². The van der Waals surface area contributed by atoms with E-state index in [1.54, 1.807) is 14.2 Å². The van der Waals surface area contributed by atoms with Crippen molar-refractivity contribution in [1.82, 2.24) is 10.3 Å². The molecule has 1 aromatic heterocycles. The zero-order chi connectivity index (χ0) is 18.1. The molecule has 0 atom stereocenters. The minimum Gasteiger partial charge on any atom is -0.497 e. The molecular formula is C21H22N2O3. The van der Waals surface area contributed by atoms with E-state index in [2.05, 4.69) is 10.3 Å². The first kappa shape index (κ1) is 16.5. The molecule has 0 aliphatic heterocycles. The summed E-state index contributed by atoms with van der Waals surface area (Å²) >= 11 is 0. The molecule has 4 rings (SSSR count). The summed E-state index contributed by atoms with van der Waals surface area (Å²) in [6, 6.07) is 13.7. The smallest absolute Gasteiger partial charge is 0.231 e. The van der Waals surface area contributed by atoms with Crippen LogP contribution < -0.4 is 14.8 Å². The number of fused-ring (bicyclic) bond motifs is 1. The number of aromatic nitrogens is 1. The van der Waals surface area contributed by atoms with Crippen LogP contribution in [0.15, 0.2) is 48.7 Å². The summed E-state index contributed by atoms with van der Waals surface area (Å²) in [7, 11) is 3.30. The quantitative estimate of drug-likeness (QED) is 0.715. The second-order valence-electron chi connectivity index (χ2n) is 6.73. The van der Waals surface area contributed by atoms with Crippen LogP contribution in [0.4, 0.5) is 0 Å². The lowest BCUT2D eigenvalue weighted by molar-refractivity contribution is -0.123. The number of ether oxygens (including phenoxy) is 2. The van der Waals surface area contributed by atoms with Crippen molar-refractivity contribution in [3.8, 4) is 11.5 Å². The van der Waals surface area contributed by atoms with E-state index in [1.165, 1.54) is 0 Å². The highest BCUT2D eigenvalue weighted by molar-refractivity contribution is 5.98. The van der Waals surface area contributed by atoms with Crippen LogP contribution in [0.1, 0.15) is 24.0 Å². The molecule has 3 aromatic rings. The third kappa shape index (κ3) is 2.79. The van der Waals surface area contributed by atoms with Crippen LogP contribution in [0.25, 0.3) is 10.9 Å². The van der Waals surface area contributed by atoms with Gasteiger partial charge in [-0.1, -0.05) is 12.1 Å². The highest BCUT2D eigenvalue weighted by Crippen LogP contribution is 2.51. The van der Waals surface area contributed by atoms with Gasteiger partial charge in [-0.2, -0.15) is 0 Å². The first-order valence-corrected chi connectivity index (χ1v) is 8.73. The van der Waals surface area contributed by atoms with E-state index in [9.17, 15) is 4.79 Å². The lowest BCUT2D eigenvalue weighted by Gasteiger charge is -2.15. The van der Waals surface area contributed by atoms with Gasteiger partial charge in [-0.05, 0) is 54.3 Å². The van der Waals surface area contributed by atoms with E-state index in [-0.39, 0.29) is 5.91 Å². The zero-order valence-corrected chi connectivity index (χ0v) is 15.0. The summed E-state index contributed by atoms with van der Waals surface area (Å²) < 4.78 is 10.5. The Morgan fingerprint density at radius 1 is 1.08 bits per heavy atom. The molecule has 0 bridgehead atoms. The predicted octanol–water partition coefficient (Wildman–Crippen LogP) is 3.53. The van der Waals surface area contributed by atoms with Crippen molar-refractivity contribution in [2.24, 2.45) is 0 Å². The van der Waals surface area contributed by atoms with Crippen molar-refractivity contribution in [1.29, 1.82) is 0 Å². The van der Waals surface area contributed by atoms with Gasteiger partial charge in [-0.3, -0.25) is 4.79 Å². The van der Waals surface area contributed by atoms with Gasteiger partial charge in [0.15, 0.2) is 0 Å². The van der Waals surface area contributed by atoms with Crippen molar-refractivity contribution in [3.63, 3.8) is 0 Å². The lowest BCUT2D eigenvalue weighted by Crippen LogP contribution is -2.34. The van der Waals surface area contributed by atoms with Crippen molar-refractivity contribution in [3.05, 3.63) is 59.8 Å². The Morgan fingerprint density at radius 2 is 1.77 bits per heavy atom. The van der Waals surface area contributed by atoms with Crippen molar-refractivity contribution in [2.75, 3.05) is 14.2 Å². The van der Waals surface area contributed by atoms with Crippen LogP contribution in [-0.2, 0) is 16.8 Å². The Kier molecular flexibility index (Phi) is 4.07. The third-order valence-electron chi connectivity index (χ3n) is 5.20. The lowest BCUT2D eigenvalue weighted by atomic mass is 9.94. The van der Waals surface area contributed by atoms with E-state index in [0.29, 0.717) is 6.54 Å². The van der Waals surface area contributed by atoms with Crippen LogP contribution in [0, 0.1) is 0 Å². The Labute approximate surface area is 152 Å². The van der Waals surface area contributed by atoms with Crippen LogP contribution in [0.3, 0.4) is 0 Å². The molecule has 5 heteroatoms. The van der Waals surface area contributed by atoms with E-state index >= 15 is 0 Å².